The van der Waals surface area contributed by atoms with E-state index in [2.05, 4.69) is 40.2 Å². The highest BCUT2D eigenvalue weighted by atomic mass is 79.9. The van der Waals surface area contributed by atoms with Crippen molar-refractivity contribution in [3.05, 3.63) is 34.3 Å². The standard InChI is InChI=1S/C14H18BrNO/c15-11-3-1-10(2-4-11)7-14(9-16)8-12-5-6-13(14)17-12/h1-4,12-13H,5-9,16H2. The third kappa shape index (κ3) is 2.05. The van der Waals surface area contributed by atoms with Crippen LogP contribution in [0.4, 0.5) is 0 Å². The van der Waals surface area contributed by atoms with E-state index in [0.717, 1.165) is 23.9 Å². The minimum Gasteiger partial charge on any atom is -0.374 e. The average molecular weight is 296 g/mol. The van der Waals surface area contributed by atoms with Gasteiger partial charge in [0, 0.05) is 16.4 Å². The van der Waals surface area contributed by atoms with E-state index in [-0.39, 0.29) is 5.41 Å². The Morgan fingerprint density at radius 2 is 2.06 bits per heavy atom. The second-order valence-corrected chi connectivity index (χ2v) is 6.31. The largest absolute Gasteiger partial charge is 0.374 e. The first-order chi connectivity index (χ1) is 8.22. The first kappa shape index (κ1) is 11.7. The van der Waals surface area contributed by atoms with Crippen molar-refractivity contribution in [2.24, 2.45) is 11.1 Å². The van der Waals surface area contributed by atoms with E-state index in [4.69, 9.17) is 10.5 Å². The molecule has 2 aliphatic heterocycles. The van der Waals surface area contributed by atoms with Crippen LogP contribution in [0.15, 0.2) is 28.7 Å². The quantitative estimate of drug-likeness (QED) is 0.931. The minimum atomic E-state index is 0.191. The number of hydrogen-bond donors (Lipinski definition) is 1. The Morgan fingerprint density at radius 1 is 1.29 bits per heavy atom. The van der Waals surface area contributed by atoms with Crippen molar-refractivity contribution in [3.63, 3.8) is 0 Å². The molecule has 3 rings (SSSR count). The minimum absolute atomic E-state index is 0.191. The van der Waals surface area contributed by atoms with Gasteiger partial charge in [0.1, 0.15) is 0 Å². The molecular formula is C14H18BrNO. The molecule has 0 radical (unpaired) electrons. The summed E-state index contributed by atoms with van der Waals surface area (Å²) >= 11 is 3.47. The van der Waals surface area contributed by atoms with Gasteiger partial charge < -0.3 is 10.5 Å². The van der Waals surface area contributed by atoms with Crippen molar-refractivity contribution in [1.29, 1.82) is 0 Å². The molecule has 3 heteroatoms. The third-order valence-corrected chi connectivity index (χ3v) is 4.83. The highest BCUT2D eigenvalue weighted by Crippen LogP contribution is 2.48. The number of ether oxygens (including phenoxy) is 1. The van der Waals surface area contributed by atoms with E-state index in [1.807, 2.05) is 0 Å². The average Bonchev–Trinajstić information content (AvgIpc) is 2.93. The Kier molecular flexibility index (Phi) is 3.01. The molecule has 92 valence electrons. The molecule has 2 N–H and O–H groups in total. The Balaban J connectivity index is 1.80. The van der Waals surface area contributed by atoms with Gasteiger partial charge in [-0.1, -0.05) is 28.1 Å². The Labute approximate surface area is 111 Å². The van der Waals surface area contributed by atoms with Crippen LogP contribution in [0.25, 0.3) is 0 Å². The third-order valence-electron chi connectivity index (χ3n) is 4.30. The van der Waals surface area contributed by atoms with Gasteiger partial charge in [0.15, 0.2) is 0 Å². The molecule has 2 fully saturated rings. The first-order valence-corrected chi connectivity index (χ1v) is 7.11. The molecule has 1 aromatic carbocycles. The van der Waals surface area contributed by atoms with Crippen LogP contribution in [0.5, 0.6) is 0 Å². The fraction of sp³-hybridized carbons (Fsp3) is 0.571. The van der Waals surface area contributed by atoms with Crippen LogP contribution < -0.4 is 5.73 Å². The summed E-state index contributed by atoms with van der Waals surface area (Å²) in [5.41, 5.74) is 7.61. The number of halogens is 1. The number of fused-ring (bicyclic) bond motifs is 2. The zero-order chi connectivity index (χ0) is 11.9. The van der Waals surface area contributed by atoms with Crippen LogP contribution >= 0.6 is 15.9 Å². The lowest BCUT2D eigenvalue weighted by molar-refractivity contribution is 0.0636. The molecular weight excluding hydrogens is 278 g/mol. The SMILES string of the molecule is NCC1(Cc2ccc(Br)cc2)CC2CCC1O2. The number of benzene rings is 1. The molecule has 0 saturated carbocycles. The zero-order valence-electron chi connectivity index (χ0n) is 9.86. The van der Waals surface area contributed by atoms with Crippen molar-refractivity contribution < 1.29 is 4.74 Å². The summed E-state index contributed by atoms with van der Waals surface area (Å²) in [6.45, 7) is 0.740. The maximum atomic E-state index is 6.04. The van der Waals surface area contributed by atoms with Crippen molar-refractivity contribution in [2.45, 2.75) is 37.9 Å². The van der Waals surface area contributed by atoms with Crippen LogP contribution in [0, 0.1) is 5.41 Å². The summed E-state index contributed by atoms with van der Waals surface area (Å²) < 4.78 is 7.12. The number of nitrogens with two attached hydrogens (primary N) is 1. The van der Waals surface area contributed by atoms with Crippen LogP contribution in [-0.2, 0) is 11.2 Å². The molecule has 0 spiro atoms. The summed E-state index contributed by atoms with van der Waals surface area (Å²) in [6, 6.07) is 8.59. The van der Waals surface area contributed by atoms with Gasteiger partial charge in [-0.3, -0.25) is 0 Å². The summed E-state index contributed by atoms with van der Waals surface area (Å²) in [6.07, 6.45) is 5.48. The normalized spacial score (nSPS) is 35.4. The van der Waals surface area contributed by atoms with E-state index in [1.165, 1.54) is 18.4 Å². The van der Waals surface area contributed by atoms with E-state index >= 15 is 0 Å². The Hall–Kier alpha value is -0.380. The zero-order valence-corrected chi connectivity index (χ0v) is 11.4. The summed E-state index contributed by atoms with van der Waals surface area (Å²) in [7, 11) is 0. The number of hydrogen-bond acceptors (Lipinski definition) is 2. The molecule has 0 amide bonds. The topological polar surface area (TPSA) is 35.2 Å². The smallest absolute Gasteiger partial charge is 0.0652 e. The lowest BCUT2D eigenvalue weighted by Gasteiger charge is -2.34. The second kappa shape index (κ2) is 4.38. The molecule has 2 nitrogen and oxygen atoms in total. The molecule has 2 bridgehead atoms. The van der Waals surface area contributed by atoms with Crippen molar-refractivity contribution in [2.75, 3.05) is 6.54 Å². The highest BCUT2D eigenvalue weighted by Gasteiger charge is 2.51. The molecule has 3 atom stereocenters. The summed E-state index contributed by atoms with van der Waals surface area (Å²) in [4.78, 5) is 0. The molecule has 1 aromatic rings. The van der Waals surface area contributed by atoms with Crippen LogP contribution in [0.1, 0.15) is 24.8 Å². The first-order valence-electron chi connectivity index (χ1n) is 6.32. The van der Waals surface area contributed by atoms with Crippen LogP contribution in [-0.4, -0.2) is 18.8 Å². The van der Waals surface area contributed by atoms with Gasteiger partial charge in [-0.2, -0.15) is 0 Å². The van der Waals surface area contributed by atoms with Gasteiger partial charge in [0.25, 0.3) is 0 Å². The predicted molar refractivity (Wildman–Crippen MR) is 71.8 cm³/mol. The Morgan fingerprint density at radius 3 is 2.59 bits per heavy atom. The number of rotatable bonds is 3. The highest BCUT2D eigenvalue weighted by molar-refractivity contribution is 9.10. The van der Waals surface area contributed by atoms with Crippen LogP contribution in [0.2, 0.25) is 0 Å². The van der Waals surface area contributed by atoms with Crippen molar-refractivity contribution in [3.8, 4) is 0 Å². The van der Waals surface area contributed by atoms with Crippen molar-refractivity contribution >= 4 is 15.9 Å². The fourth-order valence-electron chi connectivity index (χ4n) is 3.37. The molecule has 2 aliphatic rings. The lowest BCUT2D eigenvalue weighted by Crippen LogP contribution is -2.41. The fourth-order valence-corrected chi connectivity index (χ4v) is 3.64. The predicted octanol–water partition coefficient (Wildman–Crippen LogP) is 2.89. The second-order valence-electron chi connectivity index (χ2n) is 5.40. The summed E-state index contributed by atoms with van der Waals surface area (Å²) in [5, 5.41) is 0. The van der Waals surface area contributed by atoms with E-state index in [1.54, 1.807) is 0 Å². The van der Waals surface area contributed by atoms with Gasteiger partial charge in [0.05, 0.1) is 12.2 Å². The van der Waals surface area contributed by atoms with Gasteiger partial charge in [0.2, 0.25) is 0 Å². The van der Waals surface area contributed by atoms with Crippen molar-refractivity contribution in [1.82, 2.24) is 0 Å². The monoisotopic (exact) mass is 295 g/mol. The lowest BCUT2D eigenvalue weighted by atomic mass is 9.70. The van der Waals surface area contributed by atoms with E-state index in [0.29, 0.717) is 12.2 Å². The molecule has 0 aromatic heterocycles. The van der Waals surface area contributed by atoms with Gasteiger partial charge in [-0.05, 0) is 43.4 Å². The van der Waals surface area contributed by atoms with Gasteiger partial charge >= 0.3 is 0 Å². The molecule has 2 heterocycles. The molecule has 17 heavy (non-hydrogen) atoms. The summed E-state index contributed by atoms with van der Waals surface area (Å²) in [5.74, 6) is 0. The molecule has 3 unspecified atom stereocenters. The molecule has 0 aliphatic carbocycles. The Bertz CT molecular complexity index is 405. The van der Waals surface area contributed by atoms with Gasteiger partial charge in [-0.25, -0.2) is 0 Å². The maximum absolute atomic E-state index is 6.04. The van der Waals surface area contributed by atoms with Gasteiger partial charge in [-0.15, -0.1) is 0 Å². The van der Waals surface area contributed by atoms with Crippen LogP contribution in [0.3, 0.4) is 0 Å². The van der Waals surface area contributed by atoms with E-state index in [9.17, 15) is 0 Å². The maximum Gasteiger partial charge on any atom is 0.0652 e. The van der Waals surface area contributed by atoms with E-state index < -0.39 is 0 Å². The molecule has 2 saturated heterocycles.